The molecule has 1 aromatic carbocycles. The molecule has 0 radical (unpaired) electrons. The number of allylic oxidation sites excluding steroid dienone is 2. The van der Waals surface area contributed by atoms with E-state index in [-0.39, 0.29) is 23.7 Å². The number of nitrogens with one attached hydrogen (secondary N) is 1. The van der Waals surface area contributed by atoms with Crippen molar-refractivity contribution in [1.82, 2.24) is 10.3 Å². The highest BCUT2D eigenvalue weighted by atomic mass is 32.2. The van der Waals surface area contributed by atoms with E-state index in [9.17, 15) is 13.6 Å². The van der Waals surface area contributed by atoms with Gasteiger partial charge in [-0.1, -0.05) is 42.5 Å². The molecule has 1 N–H and O–H groups in total. The summed E-state index contributed by atoms with van der Waals surface area (Å²) in [4.78, 5) is 23.2. The maximum absolute atomic E-state index is 13.6. The highest BCUT2D eigenvalue weighted by molar-refractivity contribution is 8.00. The summed E-state index contributed by atoms with van der Waals surface area (Å²) in [5.41, 5.74) is 2.97. The number of halogens is 2. The van der Waals surface area contributed by atoms with E-state index in [2.05, 4.69) is 16.4 Å². The number of rotatable bonds is 6. The van der Waals surface area contributed by atoms with Crippen LogP contribution in [0.5, 0.6) is 0 Å². The van der Waals surface area contributed by atoms with Crippen LogP contribution < -0.4 is 5.32 Å². The number of alkyl halides is 2. The minimum Gasteiger partial charge on any atom is -0.352 e. The first-order valence-electron chi connectivity index (χ1n) is 10.4. The molecule has 1 aliphatic carbocycles. The summed E-state index contributed by atoms with van der Waals surface area (Å²) in [6.45, 7) is 1.43. The standard InChI is InChI=1S/C25H23F2N3OS/c1-2-12-25(26,27)13-15-29-24(31)17-10-11-22-20(16-17)30-23(19-8-5-6-14-28-19)18-7-3-4-9-21(18)32-22/h2-12,14,16,20,22H,13,15H2,1H3,(H,29,31)/b12-2+. The lowest BCUT2D eigenvalue weighted by Crippen LogP contribution is -2.31. The molecule has 0 saturated carbocycles. The number of fused-ring (bicyclic) bond motifs is 2. The molecule has 7 heteroatoms. The zero-order valence-corrected chi connectivity index (χ0v) is 18.4. The fraction of sp³-hybridized carbons (Fsp3) is 0.240. The molecule has 2 atom stereocenters. The third-order valence-corrected chi connectivity index (χ3v) is 6.48. The lowest BCUT2D eigenvalue weighted by Gasteiger charge is -2.21. The Hall–Kier alpha value is -3.06. The average molecular weight is 452 g/mol. The van der Waals surface area contributed by atoms with Crippen LogP contribution in [0.2, 0.25) is 0 Å². The van der Waals surface area contributed by atoms with Gasteiger partial charge >= 0.3 is 0 Å². The van der Waals surface area contributed by atoms with Gasteiger partial charge in [0.15, 0.2) is 0 Å². The molecule has 32 heavy (non-hydrogen) atoms. The van der Waals surface area contributed by atoms with Gasteiger partial charge in [-0.3, -0.25) is 14.8 Å². The second kappa shape index (κ2) is 9.61. The minimum absolute atomic E-state index is 0.0212. The van der Waals surface area contributed by atoms with Crippen LogP contribution in [0.4, 0.5) is 8.78 Å². The smallest absolute Gasteiger partial charge is 0.268 e. The minimum atomic E-state index is -2.94. The van der Waals surface area contributed by atoms with Gasteiger partial charge in [0, 0.05) is 35.2 Å². The maximum atomic E-state index is 13.6. The number of carbonyl (C=O) groups excluding carboxylic acids is 1. The summed E-state index contributed by atoms with van der Waals surface area (Å²) in [6.07, 6.45) is 8.96. The van der Waals surface area contributed by atoms with Gasteiger partial charge in [0.1, 0.15) is 0 Å². The zero-order chi connectivity index (χ0) is 22.6. The molecule has 2 aliphatic rings. The van der Waals surface area contributed by atoms with Gasteiger partial charge in [0.2, 0.25) is 0 Å². The number of aliphatic imine (C=N–C) groups is 1. The van der Waals surface area contributed by atoms with Gasteiger partial charge < -0.3 is 5.32 Å². The number of carbonyl (C=O) groups is 1. The topological polar surface area (TPSA) is 54.4 Å². The van der Waals surface area contributed by atoms with Crippen molar-refractivity contribution < 1.29 is 13.6 Å². The van der Waals surface area contributed by atoms with Crippen molar-refractivity contribution in [3.63, 3.8) is 0 Å². The van der Waals surface area contributed by atoms with Crippen LogP contribution in [-0.2, 0) is 4.79 Å². The van der Waals surface area contributed by atoms with Crippen molar-refractivity contribution >= 4 is 23.4 Å². The summed E-state index contributed by atoms with van der Waals surface area (Å²) in [7, 11) is 0. The lowest BCUT2D eigenvalue weighted by molar-refractivity contribution is -0.117. The molecule has 164 valence electrons. The van der Waals surface area contributed by atoms with Crippen molar-refractivity contribution in [3.8, 4) is 0 Å². The molecule has 4 nitrogen and oxygen atoms in total. The fourth-order valence-corrected chi connectivity index (χ4v) is 4.80. The van der Waals surface area contributed by atoms with Crippen LogP contribution in [0.1, 0.15) is 24.6 Å². The molecule has 0 bridgehead atoms. The van der Waals surface area contributed by atoms with E-state index in [1.807, 2.05) is 48.6 Å². The number of amides is 1. The van der Waals surface area contributed by atoms with Gasteiger partial charge in [-0.05, 0) is 37.3 Å². The number of nitrogens with zero attached hydrogens (tertiary/aromatic N) is 2. The zero-order valence-electron chi connectivity index (χ0n) is 17.5. The van der Waals surface area contributed by atoms with Crippen LogP contribution >= 0.6 is 11.8 Å². The Balaban J connectivity index is 1.58. The highest BCUT2D eigenvalue weighted by Gasteiger charge is 2.30. The number of benzene rings is 1. The first-order valence-corrected chi connectivity index (χ1v) is 11.3. The predicted molar refractivity (Wildman–Crippen MR) is 124 cm³/mol. The van der Waals surface area contributed by atoms with Crippen molar-refractivity contribution in [3.05, 3.63) is 95.9 Å². The number of hydrogen-bond donors (Lipinski definition) is 1. The van der Waals surface area contributed by atoms with Gasteiger partial charge in [0.05, 0.1) is 22.7 Å². The van der Waals surface area contributed by atoms with Gasteiger partial charge in [0.25, 0.3) is 11.8 Å². The SMILES string of the molecule is C/C=C/C(F)(F)CCNC(=O)C1=CC2N=C(c3ccccn3)c3ccccc3SC2C=C1. The van der Waals surface area contributed by atoms with Crippen LogP contribution in [-0.4, -0.2) is 40.4 Å². The molecule has 1 aromatic heterocycles. The molecule has 0 fully saturated rings. The van der Waals surface area contributed by atoms with Gasteiger partial charge in [-0.25, -0.2) is 8.78 Å². The van der Waals surface area contributed by atoms with Crippen LogP contribution in [0, 0.1) is 0 Å². The van der Waals surface area contributed by atoms with E-state index in [0.717, 1.165) is 27.9 Å². The van der Waals surface area contributed by atoms with Crippen LogP contribution in [0.15, 0.2) is 94.5 Å². The summed E-state index contributed by atoms with van der Waals surface area (Å²) in [5, 5.41) is 2.62. The van der Waals surface area contributed by atoms with E-state index in [1.165, 1.54) is 6.08 Å². The number of pyridine rings is 1. The molecular weight excluding hydrogens is 428 g/mol. The van der Waals surface area contributed by atoms with Crippen molar-refractivity contribution in [2.45, 2.75) is 35.5 Å². The Morgan fingerprint density at radius 1 is 1.22 bits per heavy atom. The van der Waals surface area contributed by atoms with Crippen molar-refractivity contribution in [2.75, 3.05) is 6.54 Å². The van der Waals surface area contributed by atoms with E-state index in [4.69, 9.17) is 4.99 Å². The molecular formula is C25H23F2N3OS. The molecule has 1 amide bonds. The summed E-state index contributed by atoms with van der Waals surface area (Å²) >= 11 is 1.69. The van der Waals surface area contributed by atoms with Crippen molar-refractivity contribution in [2.24, 2.45) is 4.99 Å². The first-order chi connectivity index (χ1) is 15.5. The van der Waals surface area contributed by atoms with E-state index < -0.39 is 12.3 Å². The Morgan fingerprint density at radius 2 is 2.03 bits per heavy atom. The summed E-state index contributed by atoms with van der Waals surface area (Å²) in [5.74, 6) is -3.31. The quantitative estimate of drug-likeness (QED) is 0.631. The fourth-order valence-electron chi connectivity index (χ4n) is 3.63. The molecule has 4 rings (SSSR count). The molecule has 2 unspecified atom stereocenters. The van der Waals surface area contributed by atoms with Gasteiger partial charge in [-0.15, -0.1) is 11.8 Å². The van der Waals surface area contributed by atoms with Gasteiger partial charge in [-0.2, -0.15) is 0 Å². The van der Waals surface area contributed by atoms with E-state index in [0.29, 0.717) is 5.57 Å². The normalized spacial score (nSPS) is 20.1. The lowest BCUT2D eigenvalue weighted by atomic mass is 10.0. The molecule has 0 saturated heterocycles. The van der Waals surface area contributed by atoms with Crippen molar-refractivity contribution in [1.29, 1.82) is 0 Å². The maximum Gasteiger partial charge on any atom is 0.268 e. The Labute approximate surface area is 190 Å². The van der Waals surface area contributed by atoms with Crippen LogP contribution in [0.25, 0.3) is 0 Å². The average Bonchev–Trinajstić information content (AvgIpc) is 2.95. The Bertz CT molecular complexity index is 1110. The first kappa shape index (κ1) is 22.1. The molecule has 2 aromatic rings. The third kappa shape index (κ3) is 5.05. The Morgan fingerprint density at radius 3 is 2.81 bits per heavy atom. The monoisotopic (exact) mass is 451 g/mol. The predicted octanol–water partition coefficient (Wildman–Crippen LogP) is 4.98. The van der Waals surface area contributed by atoms with E-state index in [1.54, 1.807) is 31.0 Å². The number of hydrogen-bond acceptors (Lipinski definition) is 4. The second-order valence-corrected chi connectivity index (χ2v) is 8.73. The number of thioether (sulfide) groups is 1. The molecule has 2 heterocycles. The number of aromatic nitrogens is 1. The Kier molecular flexibility index (Phi) is 6.65. The van der Waals surface area contributed by atoms with Crippen LogP contribution in [0.3, 0.4) is 0 Å². The summed E-state index contributed by atoms with van der Waals surface area (Å²) < 4.78 is 27.2. The summed E-state index contributed by atoms with van der Waals surface area (Å²) in [6, 6.07) is 13.5. The molecule has 1 aliphatic heterocycles. The largest absolute Gasteiger partial charge is 0.352 e. The highest BCUT2D eigenvalue weighted by Crippen LogP contribution is 2.37. The second-order valence-electron chi connectivity index (χ2n) is 7.51. The molecule has 0 spiro atoms. The van der Waals surface area contributed by atoms with E-state index >= 15 is 0 Å². The third-order valence-electron chi connectivity index (χ3n) is 5.16.